The molecule has 3 aromatic rings. The Bertz CT molecular complexity index is 967. The first-order chi connectivity index (χ1) is 12.9. The summed E-state index contributed by atoms with van der Waals surface area (Å²) in [5.41, 5.74) is -0.122. The van der Waals surface area contributed by atoms with Crippen LogP contribution in [0, 0.1) is 0 Å². The predicted molar refractivity (Wildman–Crippen MR) is 90.1 cm³/mol. The lowest BCUT2D eigenvalue weighted by Crippen LogP contribution is -2.39. The van der Waals surface area contributed by atoms with Crippen molar-refractivity contribution in [1.29, 1.82) is 0 Å². The second-order valence-electron chi connectivity index (χ2n) is 6.51. The Hall–Kier alpha value is -2.97. The van der Waals surface area contributed by atoms with Gasteiger partial charge in [0.25, 0.3) is 5.91 Å². The number of alkyl halides is 3. The molecule has 4 rings (SSSR count). The molecule has 0 N–H and O–H groups in total. The van der Waals surface area contributed by atoms with E-state index in [1.807, 2.05) is 28.8 Å². The minimum absolute atomic E-state index is 0.0162. The number of nitrogens with zero attached hydrogens (tertiary/aromatic N) is 5. The molecule has 27 heavy (non-hydrogen) atoms. The van der Waals surface area contributed by atoms with E-state index in [9.17, 15) is 18.0 Å². The highest BCUT2D eigenvalue weighted by molar-refractivity contribution is 5.94. The van der Waals surface area contributed by atoms with Crippen LogP contribution < -0.4 is 0 Å². The molecule has 0 radical (unpaired) electrons. The average molecular weight is 375 g/mol. The zero-order valence-corrected chi connectivity index (χ0v) is 14.2. The van der Waals surface area contributed by atoms with Crippen molar-refractivity contribution in [3.8, 4) is 0 Å². The Morgan fingerprint density at radius 2 is 2.00 bits per heavy atom. The average Bonchev–Trinajstić information content (AvgIpc) is 3.11. The van der Waals surface area contributed by atoms with Crippen molar-refractivity contribution in [2.45, 2.75) is 24.9 Å². The Balaban J connectivity index is 1.53. The third-order valence-corrected chi connectivity index (χ3v) is 4.71. The summed E-state index contributed by atoms with van der Waals surface area (Å²) in [6.07, 6.45) is -0.00404. The van der Waals surface area contributed by atoms with Gasteiger partial charge in [-0.05, 0) is 37.1 Å². The predicted octanol–water partition coefficient (Wildman–Crippen LogP) is 3.16. The summed E-state index contributed by atoms with van der Waals surface area (Å²) >= 11 is 0. The van der Waals surface area contributed by atoms with E-state index in [0.717, 1.165) is 36.6 Å². The summed E-state index contributed by atoms with van der Waals surface area (Å²) in [5.74, 6) is 0.478. The molecule has 1 unspecified atom stereocenters. The number of hydrogen-bond acceptors (Lipinski definition) is 4. The van der Waals surface area contributed by atoms with E-state index >= 15 is 0 Å². The highest BCUT2D eigenvalue weighted by Crippen LogP contribution is 2.29. The van der Waals surface area contributed by atoms with Gasteiger partial charge in [-0.15, -0.1) is 10.2 Å². The summed E-state index contributed by atoms with van der Waals surface area (Å²) in [6, 6.07) is 7.63. The minimum Gasteiger partial charge on any atom is -0.338 e. The third kappa shape index (κ3) is 3.36. The van der Waals surface area contributed by atoms with Crippen LogP contribution in [-0.2, 0) is 6.18 Å². The van der Waals surface area contributed by atoms with Crippen molar-refractivity contribution in [3.05, 3.63) is 59.8 Å². The van der Waals surface area contributed by atoms with Crippen molar-refractivity contribution in [2.24, 2.45) is 0 Å². The molecule has 1 saturated heterocycles. The normalized spacial score (nSPS) is 18.0. The molecule has 0 saturated carbocycles. The number of pyridine rings is 2. The van der Waals surface area contributed by atoms with Crippen molar-refractivity contribution in [3.63, 3.8) is 0 Å². The molecule has 0 aromatic carbocycles. The van der Waals surface area contributed by atoms with Gasteiger partial charge < -0.3 is 4.90 Å². The number of hydrogen-bond donors (Lipinski definition) is 0. The fraction of sp³-hybridized carbons (Fsp3) is 0.333. The molecule has 1 atom stereocenters. The van der Waals surface area contributed by atoms with Crippen LogP contribution in [0.3, 0.4) is 0 Å². The van der Waals surface area contributed by atoms with Gasteiger partial charge in [0.15, 0.2) is 5.65 Å². The van der Waals surface area contributed by atoms with Gasteiger partial charge in [0.05, 0.1) is 5.56 Å². The van der Waals surface area contributed by atoms with Gasteiger partial charge >= 0.3 is 6.18 Å². The van der Waals surface area contributed by atoms with Gasteiger partial charge in [-0.1, -0.05) is 6.07 Å². The van der Waals surface area contributed by atoms with Crippen LogP contribution >= 0.6 is 0 Å². The topological polar surface area (TPSA) is 63.4 Å². The Kier molecular flexibility index (Phi) is 4.29. The molecule has 1 aliphatic rings. The van der Waals surface area contributed by atoms with Crippen molar-refractivity contribution in [2.75, 3.05) is 13.1 Å². The molecule has 6 nitrogen and oxygen atoms in total. The van der Waals surface area contributed by atoms with E-state index in [1.165, 1.54) is 6.07 Å². The standard InChI is InChI=1S/C18H16F3N5O/c19-18(20,21)14-7-6-12(10-22-14)17(27)25-8-3-4-13(11-25)16-24-23-15-5-1-2-9-26(15)16/h1-2,5-7,9-10,13H,3-4,8,11H2. The van der Waals surface area contributed by atoms with Crippen molar-refractivity contribution >= 4 is 11.6 Å². The minimum atomic E-state index is -4.52. The summed E-state index contributed by atoms with van der Waals surface area (Å²) in [7, 11) is 0. The molecule has 0 aliphatic carbocycles. The molecule has 4 heterocycles. The van der Waals surface area contributed by atoms with Crippen LogP contribution in [0.15, 0.2) is 42.7 Å². The Labute approximate surface area is 152 Å². The molecule has 3 aromatic heterocycles. The monoisotopic (exact) mass is 375 g/mol. The van der Waals surface area contributed by atoms with E-state index in [0.29, 0.717) is 13.1 Å². The van der Waals surface area contributed by atoms with Crippen LogP contribution in [0.5, 0.6) is 0 Å². The lowest BCUT2D eigenvalue weighted by Gasteiger charge is -2.32. The summed E-state index contributed by atoms with van der Waals surface area (Å²) in [6.45, 7) is 0.989. The number of piperidine rings is 1. The Morgan fingerprint density at radius 1 is 1.15 bits per heavy atom. The van der Waals surface area contributed by atoms with E-state index in [2.05, 4.69) is 15.2 Å². The van der Waals surface area contributed by atoms with Crippen molar-refractivity contribution < 1.29 is 18.0 Å². The SMILES string of the molecule is O=C(c1ccc(C(F)(F)F)nc1)N1CCCC(c2nnc3ccccn23)C1. The number of rotatable bonds is 2. The fourth-order valence-electron chi connectivity index (χ4n) is 3.38. The molecule has 140 valence electrons. The molecular formula is C18H16F3N5O. The second-order valence-corrected chi connectivity index (χ2v) is 6.51. The maximum absolute atomic E-state index is 12.7. The molecule has 0 spiro atoms. The van der Waals surface area contributed by atoms with E-state index in [4.69, 9.17) is 0 Å². The van der Waals surface area contributed by atoms with Gasteiger partial charge in [0.1, 0.15) is 11.5 Å². The van der Waals surface area contributed by atoms with Gasteiger partial charge in [-0.2, -0.15) is 13.2 Å². The quantitative estimate of drug-likeness (QED) is 0.690. The van der Waals surface area contributed by atoms with E-state index in [1.54, 1.807) is 4.90 Å². The number of aromatic nitrogens is 4. The second kappa shape index (κ2) is 6.64. The van der Waals surface area contributed by atoms with Crippen LogP contribution in [0.2, 0.25) is 0 Å². The lowest BCUT2D eigenvalue weighted by atomic mass is 9.96. The van der Waals surface area contributed by atoms with Crippen molar-refractivity contribution in [1.82, 2.24) is 24.5 Å². The smallest absolute Gasteiger partial charge is 0.338 e. The molecule has 0 bridgehead atoms. The third-order valence-electron chi connectivity index (χ3n) is 4.71. The van der Waals surface area contributed by atoms with Crippen LogP contribution in [0.25, 0.3) is 5.65 Å². The summed E-state index contributed by atoms with van der Waals surface area (Å²) in [5, 5.41) is 8.41. The van der Waals surface area contributed by atoms with Gasteiger partial charge in [-0.3, -0.25) is 14.2 Å². The molecule has 1 aliphatic heterocycles. The number of amides is 1. The first-order valence-corrected chi connectivity index (χ1v) is 8.55. The highest BCUT2D eigenvalue weighted by Gasteiger charge is 2.33. The van der Waals surface area contributed by atoms with Crippen LogP contribution in [0.4, 0.5) is 13.2 Å². The number of fused-ring (bicyclic) bond motifs is 1. The zero-order valence-electron chi connectivity index (χ0n) is 14.2. The molecule has 1 fully saturated rings. The van der Waals surface area contributed by atoms with Gasteiger partial charge in [0.2, 0.25) is 0 Å². The molecular weight excluding hydrogens is 359 g/mol. The highest BCUT2D eigenvalue weighted by atomic mass is 19.4. The number of halogens is 3. The lowest BCUT2D eigenvalue weighted by molar-refractivity contribution is -0.141. The maximum atomic E-state index is 12.7. The number of carbonyl (C=O) groups is 1. The first-order valence-electron chi connectivity index (χ1n) is 8.55. The summed E-state index contributed by atoms with van der Waals surface area (Å²) in [4.78, 5) is 17.7. The molecule has 1 amide bonds. The zero-order chi connectivity index (χ0) is 19.0. The molecule has 9 heteroatoms. The fourth-order valence-corrected chi connectivity index (χ4v) is 3.38. The van der Waals surface area contributed by atoms with Crippen LogP contribution in [-0.4, -0.2) is 43.5 Å². The first kappa shape index (κ1) is 17.4. The van der Waals surface area contributed by atoms with Crippen LogP contribution in [0.1, 0.15) is 40.6 Å². The van der Waals surface area contributed by atoms with Gasteiger partial charge in [0, 0.05) is 31.4 Å². The maximum Gasteiger partial charge on any atom is 0.433 e. The number of likely N-dealkylation sites (tertiary alicyclic amines) is 1. The largest absolute Gasteiger partial charge is 0.433 e. The van der Waals surface area contributed by atoms with Gasteiger partial charge in [-0.25, -0.2) is 0 Å². The van der Waals surface area contributed by atoms with E-state index in [-0.39, 0.29) is 17.4 Å². The van der Waals surface area contributed by atoms with E-state index < -0.39 is 11.9 Å². The Morgan fingerprint density at radius 3 is 2.74 bits per heavy atom. The number of carbonyl (C=O) groups excluding carboxylic acids is 1. The summed E-state index contributed by atoms with van der Waals surface area (Å²) < 4.78 is 39.8.